The summed E-state index contributed by atoms with van der Waals surface area (Å²) in [6.45, 7) is 1.87. The standard InChI is InChI=1S/C13H14BrFN2O/c1-8-2-5-13(18-8)12(17-16)7-9-6-10(15)3-4-11(9)14/h2-6,12,17H,7,16H2,1H3. The number of nitrogens with two attached hydrogens (primary N) is 1. The highest BCUT2D eigenvalue weighted by molar-refractivity contribution is 9.10. The van der Waals surface area contributed by atoms with E-state index >= 15 is 0 Å². The maximum Gasteiger partial charge on any atom is 0.123 e. The van der Waals surface area contributed by atoms with Crippen molar-refractivity contribution in [1.29, 1.82) is 0 Å². The molecule has 0 aliphatic carbocycles. The van der Waals surface area contributed by atoms with E-state index in [1.165, 1.54) is 12.1 Å². The van der Waals surface area contributed by atoms with Crippen molar-refractivity contribution in [2.75, 3.05) is 0 Å². The monoisotopic (exact) mass is 312 g/mol. The number of nitrogens with one attached hydrogen (secondary N) is 1. The Kier molecular flexibility index (Phi) is 4.16. The average Bonchev–Trinajstić information content (AvgIpc) is 2.77. The first-order valence-electron chi connectivity index (χ1n) is 5.56. The highest BCUT2D eigenvalue weighted by Gasteiger charge is 2.16. The van der Waals surface area contributed by atoms with E-state index in [9.17, 15) is 4.39 Å². The summed E-state index contributed by atoms with van der Waals surface area (Å²) in [5.41, 5.74) is 3.53. The molecule has 0 fully saturated rings. The van der Waals surface area contributed by atoms with Crippen LogP contribution in [0.4, 0.5) is 4.39 Å². The molecule has 2 aromatic rings. The quantitative estimate of drug-likeness (QED) is 0.673. The third-order valence-electron chi connectivity index (χ3n) is 2.74. The fraction of sp³-hybridized carbons (Fsp3) is 0.231. The van der Waals surface area contributed by atoms with Crippen LogP contribution < -0.4 is 11.3 Å². The molecule has 3 N–H and O–H groups in total. The molecule has 1 atom stereocenters. The molecule has 0 aliphatic rings. The van der Waals surface area contributed by atoms with Crippen LogP contribution in [0.5, 0.6) is 0 Å². The zero-order valence-corrected chi connectivity index (χ0v) is 11.5. The van der Waals surface area contributed by atoms with Crippen molar-refractivity contribution in [3.63, 3.8) is 0 Å². The van der Waals surface area contributed by atoms with E-state index in [1.807, 2.05) is 19.1 Å². The first-order valence-corrected chi connectivity index (χ1v) is 6.36. The molecule has 0 radical (unpaired) electrons. The van der Waals surface area contributed by atoms with Crippen LogP contribution in [0, 0.1) is 12.7 Å². The highest BCUT2D eigenvalue weighted by Crippen LogP contribution is 2.25. The van der Waals surface area contributed by atoms with Gasteiger partial charge in [-0.2, -0.15) is 0 Å². The molecule has 0 amide bonds. The van der Waals surface area contributed by atoms with E-state index in [0.717, 1.165) is 21.6 Å². The first kappa shape index (κ1) is 13.3. The Balaban J connectivity index is 2.22. The van der Waals surface area contributed by atoms with E-state index in [-0.39, 0.29) is 11.9 Å². The Labute approximate surface area is 113 Å². The van der Waals surface area contributed by atoms with Gasteiger partial charge in [0.15, 0.2) is 0 Å². The number of rotatable bonds is 4. The van der Waals surface area contributed by atoms with Crippen LogP contribution in [-0.2, 0) is 6.42 Å². The summed E-state index contributed by atoms with van der Waals surface area (Å²) in [5, 5.41) is 0. The topological polar surface area (TPSA) is 51.2 Å². The molecular formula is C13H14BrFN2O. The molecule has 3 nitrogen and oxygen atoms in total. The Bertz CT molecular complexity index is 542. The Morgan fingerprint density at radius 1 is 1.39 bits per heavy atom. The largest absolute Gasteiger partial charge is 0.465 e. The number of aryl methyl sites for hydroxylation is 1. The molecule has 1 unspecified atom stereocenters. The Hall–Kier alpha value is -1.17. The fourth-order valence-corrected chi connectivity index (χ4v) is 2.21. The molecule has 5 heteroatoms. The molecule has 0 saturated heterocycles. The van der Waals surface area contributed by atoms with Gasteiger partial charge in [-0.15, -0.1) is 0 Å². The van der Waals surface area contributed by atoms with Crippen LogP contribution in [-0.4, -0.2) is 0 Å². The lowest BCUT2D eigenvalue weighted by Gasteiger charge is -2.14. The second-order valence-electron chi connectivity index (χ2n) is 4.11. The third-order valence-corrected chi connectivity index (χ3v) is 3.51. The molecule has 0 saturated carbocycles. The van der Waals surface area contributed by atoms with Crippen molar-refractivity contribution >= 4 is 15.9 Å². The van der Waals surface area contributed by atoms with Crippen LogP contribution in [0.2, 0.25) is 0 Å². The fourth-order valence-electron chi connectivity index (χ4n) is 1.80. The number of halogens is 2. The van der Waals surface area contributed by atoms with Gasteiger partial charge in [0, 0.05) is 4.47 Å². The van der Waals surface area contributed by atoms with E-state index in [0.29, 0.717) is 6.42 Å². The Morgan fingerprint density at radius 3 is 2.78 bits per heavy atom. The van der Waals surface area contributed by atoms with E-state index in [4.69, 9.17) is 10.3 Å². The van der Waals surface area contributed by atoms with E-state index in [2.05, 4.69) is 21.4 Å². The van der Waals surface area contributed by atoms with E-state index in [1.54, 1.807) is 6.07 Å². The van der Waals surface area contributed by atoms with Gasteiger partial charge in [-0.25, -0.2) is 9.82 Å². The van der Waals surface area contributed by atoms with Crippen molar-refractivity contribution in [3.8, 4) is 0 Å². The predicted octanol–water partition coefficient (Wildman–Crippen LogP) is 3.24. The lowest BCUT2D eigenvalue weighted by atomic mass is 10.0. The second-order valence-corrected chi connectivity index (χ2v) is 4.96. The van der Waals surface area contributed by atoms with Crippen molar-refractivity contribution in [3.05, 3.63) is 57.7 Å². The minimum atomic E-state index is -0.264. The number of hydrogen-bond acceptors (Lipinski definition) is 3. The maximum atomic E-state index is 13.2. The van der Waals surface area contributed by atoms with Gasteiger partial charge in [0.25, 0.3) is 0 Å². The molecule has 1 heterocycles. The van der Waals surface area contributed by atoms with Gasteiger partial charge in [-0.3, -0.25) is 5.84 Å². The van der Waals surface area contributed by atoms with Crippen molar-refractivity contribution in [2.24, 2.45) is 5.84 Å². The SMILES string of the molecule is Cc1ccc(C(Cc2cc(F)ccc2Br)NN)o1. The van der Waals surface area contributed by atoms with Crippen LogP contribution in [0.15, 0.2) is 39.2 Å². The van der Waals surface area contributed by atoms with Crippen LogP contribution in [0.3, 0.4) is 0 Å². The number of benzene rings is 1. The molecule has 1 aromatic carbocycles. The van der Waals surface area contributed by atoms with Crippen molar-refractivity contribution < 1.29 is 8.81 Å². The summed E-state index contributed by atoms with van der Waals surface area (Å²) < 4.78 is 19.6. The third kappa shape index (κ3) is 2.98. The maximum absolute atomic E-state index is 13.2. The summed E-state index contributed by atoms with van der Waals surface area (Å²) in [4.78, 5) is 0. The minimum absolute atomic E-state index is 0.184. The molecule has 0 aliphatic heterocycles. The summed E-state index contributed by atoms with van der Waals surface area (Å²) in [7, 11) is 0. The van der Waals surface area contributed by atoms with Gasteiger partial charge in [0.1, 0.15) is 17.3 Å². The zero-order valence-electron chi connectivity index (χ0n) is 9.91. The summed E-state index contributed by atoms with van der Waals surface area (Å²) in [5.74, 6) is 6.83. The lowest BCUT2D eigenvalue weighted by Crippen LogP contribution is -2.29. The molecule has 96 valence electrons. The van der Waals surface area contributed by atoms with Gasteiger partial charge in [-0.1, -0.05) is 15.9 Å². The average molecular weight is 313 g/mol. The number of furan rings is 1. The second kappa shape index (κ2) is 5.65. The van der Waals surface area contributed by atoms with Crippen LogP contribution in [0.1, 0.15) is 23.1 Å². The molecule has 2 rings (SSSR count). The summed E-state index contributed by atoms with van der Waals surface area (Å²) in [6.07, 6.45) is 0.543. The Morgan fingerprint density at radius 2 is 2.17 bits per heavy atom. The number of hydrogen-bond donors (Lipinski definition) is 2. The summed E-state index contributed by atoms with van der Waals surface area (Å²) in [6, 6.07) is 8.15. The smallest absolute Gasteiger partial charge is 0.123 e. The number of hydrazine groups is 1. The van der Waals surface area contributed by atoms with Crippen molar-refractivity contribution in [2.45, 2.75) is 19.4 Å². The molecule has 0 spiro atoms. The van der Waals surface area contributed by atoms with Crippen LogP contribution in [0.25, 0.3) is 0 Å². The summed E-state index contributed by atoms with van der Waals surface area (Å²) >= 11 is 3.40. The normalized spacial score (nSPS) is 12.7. The van der Waals surface area contributed by atoms with E-state index < -0.39 is 0 Å². The lowest BCUT2D eigenvalue weighted by molar-refractivity contribution is 0.402. The van der Waals surface area contributed by atoms with Gasteiger partial charge in [0.2, 0.25) is 0 Å². The zero-order chi connectivity index (χ0) is 13.1. The molecule has 1 aromatic heterocycles. The van der Waals surface area contributed by atoms with Gasteiger partial charge < -0.3 is 4.42 Å². The molecule has 18 heavy (non-hydrogen) atoms. The predicted molar refractivity (Wildman–Crippen MR) is 71.3 cm³/mol. The van der Waals surface area contributed by atoms with Gasteiger partial charge >= 0.3 is 0 Å². The van der Waals surface area contributed by atoms with Gasteiger partial charge in [-0.05, 0) is 49.2 Å². The molecular weight excluding hydrogens is 299 g/mol. The van der Waals surface area contributed by atoms with Crippen LogP contribution >= 0.6 is 15.9 Å². The molecule has 0 bridgehead atoms. The van der Waals surface area contributed by atoms with Gasteiger partial charge in [0.05, 0.1) is 6.04 Å². The highest BCUT2D eigenvalue weighted by atomic mass is 79.9. The minimum Gasteiger partial charge on any atom is -0.465 e. The van der Waals surface area contributed by atoms with Crippen molar-refractivity contribution in [1.82, 2.24) is 5.43 Å². The first-order chi connectivity index (χ1) is 8.60.